The Hall–Kier alpha value is -1.10. The van der Waals surface area contributed by atoms with Crippen LogP contribution >= 0.6 is 11.6 Å². The second kappa shape index (κ2) is 5.90. The maximum Gasteiger partial charge on any atom is 0.248 e. The molecule has 2 unspecified atom stereocenters. The molecule has 4 nitrogen and oxygen atoms in total. The van der Waals surface area contributed by atoms with Crippen LogP contribution in [0.4, 0.5) is 0 Å². The minimum Gasteiger partial charge on any atom is -0.366 e. The van der Waals surface area contributed by atoms with Crippen LogP contribution in [0.3, 0.4) is 0 Å². The molecule has 0 bridgehead atoms. The predicted octanol–water partition coefficient (Wildman–Crippen LogP) is 1.61. The quantitative estimate of drug-likeness (QED) is 0.884. The van der Waals surface area contributed by atoms with Gasteiger partial charge in [-0.2, -0.15) is 0 Å². The van der Waals surface area contributed by atoms with Gasteiger partial charge in [0, 0.05) is 36.3 Å². The van der Waals surface area contributed by atoms with E-state index in [9.17, 15) is 4.79 Å². The highest BCUT2D eigenvalue weighted by Gasteiger charge is 2.22. The van der Waals surface area contributed by atoms with Gasteiger partial charge in [-0.3, -0.25) is 9.69 Å². The van der Waals surface area contributed by atoms with Gasteiger partial charge in [0.2, 0.25) is 5.91 Å². The summed E-state index contributed by atoms with van der Waals surface area (Å²) >= 11 is 6.20. The second-order valence-electron chi connectivity index (χ2n) is 5.47. The summed E-state index contributed by atoms with van der Waals surface area (Å²) in [4.78, 5) is 13.4. The molecule has 0 spiro atoms. The van der Waals surface area contributed by atoms with Gasteiger partial charge in [0.15, 0.2) is 0 Å². The standard InChI is InChI=1S/C14H20ClN3O/c1-9-4-12(16)8-18(6-9)7-11-3-2-10(14(17)19)5-13(11)15/h2-3,5,9,12H,4,6-8,16H2,1H3,(H2,17,19). The molecule has 1 aliphatic rings. The van der Waals surface area contributed by atoms with Crippen molar-refractivity contribution in [3.63, 3.8) is 0 Å². The van der Waals surface area contributed by atoms with Gasteiger partial charge in [-0.25, -0.2) is 0 Å². The van der Waals surface area contributed by atoms with Crippen LogP contribution in [0.2, 0.25) is 5.02 Å². The molecule has 5 heteroatoms. The Kier molecular flexibility index (Phi) is 4.45. The molecule has 1 aromatic carbocycles. The van der Waals surface area contributed by atoms with Crippen molar-refractivity contribution in [3.8, 4) is 0 Å². The number of carbonyl (C=O) groups is 1. The van der Waals surface area contributed by atoms with Crippen LogP contribution in [0, 0.1) is 5.92 Å². The lowest BCUT2D eigenvalue weighted by molar-refractivity contribution is 0.100. The predicted molar refractivity (Wildman–Crippen MR) is 77.0 cm³/mol. The van der Waals surface area contributed by atoms with E-state index in [1.165, 1.54) is 0 Å². The summed E-state index contributed by atoms with van der Waals surface area (Å²) in [6.07, 6.45) is 1.07. The van der Waals surface area contributed by atoms with Crippen LogP contribution in [0.1, 0.15) is 29.3 Å². The van der Waals surface area contributed by atoms with Gasteiger partial charge in [-0.15, -0.1) is 0 Å². The molecule has 1 saturated heterocycles. The highest BCUT2D eigenvalue weighted by atomic mass is 35.5. The Bertz CT molecular complexity index is 468. The third-order valence-electron chi connectivity index (χ3n) is 3.50. The van der Waals surface area contributed by atoms with E-state index in [4.69, 9.17) is 23.1 Å². The molecule has 1 amide bonds. The highest BCUT2D eigenvalue weighted by Crippen LogP contribution is 2.22. The van der Waals surface area contributed by atoms with E-state index in [-0.39, 0.29) is 6.04 Å². The first-order valence-corrected chi connectivity index (χ1v) is 6.89. The number of carbonyl (C=O) groups excluding carboxylic acids is 1. The Morgan fingerprint density at radius 2 is 2.21 bits per heavy atom. The molecule has 1 aromatic rings. The summed E-state index contributed by atoms with van der Waals surface area (Å²) in [5.74, 6) is 0.148. The smallest absolute Gasteiger partial charge is 0.248 e. The summed E-state index contributed by atoms with van der Waals surface area (Å²) in [5.41, 5.74) is 12.7. The number of amides is 1. The van der Waals surface area contributed by atoms with Crippen LogP contribution in [-0.2, 0) is 6.54 Å². The first-order chi connectivity index (χ1) is 8.95. The second-order valence-corrected chi connectivity index (χ2v) is 5.87. The van der Waals surface area contributed by atoms with Crippen molar-refractivity contribution in [1.82, 2.24) is 4.90 Å². The maximum absolute atomic E-state index is 11.1. The first-order valence-electron chi connectivity index (χ1n) is 6.52. The molecule has 0 saturated carbocycles. The number of rotatable bonds is 3. The fraction of sp³-hybridized carbons (Fsp3) is 0.500. The molecule has 1 fully saturated rings. The monoisotopic (exact) mass is 281 g/mol. The zero-order valence-electron chi connectivity index (χ0n) is 11.1. The van der Waals surface area contributed by atoms with Gasteiger partial charge in [0.05, 0.1) is 0 Å². The Labute approximate surface area is 118 Å². The minimum atomic E-state index is -0.456. The van der Waals surface area contributed by atoms with Crippen LogP contribution in [-0.4, -0.2) is 29.9 Å². The van der Waals surface area contributed by atoms with Gasteiger partial charge in [-0.05, 0) is 30.0 Å². The number of nitrogens with two attached hydrogens (primary N) is 2. The number of hydrogen-bond acceptors (Lipinski definition) is 3. The van der Waals surface area contributed by atoms with E-state index < -0.39 is 5.91 Å². The molecule has 0 aromatic heterocycles. The Balaban J connectivity index is 2.08. The first kappa shape index (κ1) is 14.3. The molecule has 1 heterocycles. The fourth-order valence-corrected chi connectivity index (χ4v) is 2.95. The lowest BCUT2D eigenvalue weighted by Gasteiger charge is -2.34. The van der Waals surface area contributed by atoms with Crippen molar-refractivity contribution in [3.05, 3.63) is 34.3 Å². The summed E-state index contributed by atoms with van der Waals surface area (Å²) in [5, 5.41) is 0.586. The highest BCUT2D eigenvalue weighted by molar-refractivity contribution is 6.31. The van der Waals surface area contributed by atoms with E-state index in [0.717, 1.165) is 31.6 Å². The van der Waals surface area contributed by atoms with E-state index in [0.29, 0.717) is 16.5 Å². The van der Waals surface area contributed by atoms with Gasteiger partial charge >= 0.3 is 0 Å². The number of primary amides is 1. The molecule has 1 aliphatic heterocycles. The SMILES string of the molecule is CC1CC(N)CN(Cc2ccc(C(N)=O)cc2Cl)C1. The largest absolute Gasteiger partial charge is 0.366 e. The minimum absolute atomic E-state index is 0.229. The molecule has 19 heavy (non-hydrogen) atoms. The lowest BCUT2D eigenvalue weighted by atomic mass is 9.96. The number of hydrogen-bond donors (Lipinski definition) is 2. The van der Waals surface area contributed by atoms with Gasteiger partial charge in [-0.1, -0.05) is 24.6 Å². The molecule has 4 N–H and O–H groups in total. The normalized spacial score (nSPS) is 24.4. The van der Waals surface area contributed by atoms with E-state index in [2.05, 4.69) is 11.8 Å². The maximum atomic E-state index is 11.1. The molecule has 2 rings (SSSR count). The van der Waals surface area contributed by atoms with Gasteiger partial charge < -0.3 is 11.5 Å². The van der Waals surface area contributed by atoms with Crippen LogP contribution in [0.15, 0.2) is 18.2 Å². The number of nitrogens with zero attached hydrogens (tertiary/aromatic N) is 1. The average Bonchev–Trinajstić information content (AvgIpc) is 2.30. The van der Waals surface area contributed by atoms with Crippen molar-refractivity contribution in [1.29, 1.82) is 0 Å². The summed E-state index contributed by atoms with van der Waals surface area (Å²) in [6, 6.07) is 5.45. The van der Waals surface area contributed by atoms with Gasteiger partial charge in [0.25, 0.3) is 0 Å². The topological polar surface area (TPSA) is 72.3 Å². The molecular formula is C14H20ClN3O. The Morgan fingerprint density at radius 3 is 2.79 bits per heavy atom. The third kappa shape index (κ3) is 3.69. The molecule has 2 atom stereocenters. The zero-order chi connectivity index (χ0) is 14.0. The van der Waals surface area contributed by atoms with E-state index >= 15 is 0 Å². The van der Waals surface area contributed by atoms with Crippen molar-refractivity contribution in [2.24, 2.45) is 17.4 Å². The van der Waals surface area contributed by atoms with Crippen LogP contribution < -0.4 is 11.5 Å². The van der Waals surface area contributed by atoms with Crippen molar-refractivity contribution >= 4 is 17.5 Å². The third-order valence-corrected chi connectivity index (χ3v) is 3.85. The Morgan fingerprint density at radius 1 is 1.47 bits per heavy atom. The van der Waals surface area contributed by atoms with E-state index in [1.807, 2.05) is 6.07 Å². The average molecular weight is 282 g/mol. The number of benzene rings is 1. The van der Waals surface area contributed by atoms with Crippen LogP contribution in [0.5, 0.6) is 0 Å². The zero-order valence-corrected chi connectivity index (χ0v) is 11.9. The number of likely N-dealkylation sites (tertiary alicyclic amines) is 1. The van der Waals surface area contributed by atoms with E-state index in [1.54, 1.807) is 12.1 Å². The lowest BCUT2D eigenvalue weighted by Crippen LogP contribution is -2.45. The summed E-state index contributed by atoms with van der Waals surface area (Å²) in [6.45, 7) is 4.89. The fourth-order valence-electron chi connectivity index (χ4n) is 2.71. The molecule has 104 valence electrons. The number of piperidine rings is 1. The van der Waals surface area contributed by atoms with Crippen molar-refractivity contribution in [2.45, 2.75) is 25.9 Å². The molecular weight excluding hydrogens is 262 g/mol. The van der Waals surface area contributed by atoms with Crippen molar-refractivity contribution in [2.75, 3.05) is 13.1 Å². The van der Waals surface area contributed by atoms with Gasteiger partial charge in [0.1, 0.15) is 0 Å². The summed E-state index contributed by atoms with van der Waals surface area (Å²) in [7, 11) is 0. The number of halogens is 1. The summed E-state index contributed by atoms with van der Waals surface area (Å²) < 4.78 is 0. The van der Waals surface area contributed by atoms with Crippen molar-refractivity contribution < 1.29 is 4.79 Å². The molecule has 0 aliphatic carbocycles. The molecule has 0 radical (unpaired) electrons. The van der Waals surface area contributed by atoms with Crippen LogP contribution in [0.25, 0.3) is 0 Å².